The first kappa shape index (κ1) is 19.3. The summed E-state index contributed by atoms with van der Waals surface area (Å²) in [6.07, 6.45) is 2.05. The molecular formula is C16H27NO3S2. The smallest absolute Gasteiger partial charge is 0.310 e. The minimum absolute atomic E-state index is 0.00592. The lowest BCUT2D eigenvalue weighted by molar-refractivity contribution is 0.431. The molecule has 0 heterocycles. The van der Waals surface area contributed by atoms with Gasteiger partial charge in [0.15, 0.2) is 0 Å². The van der Waals surface area contributed by atoms with Gasteiger partial charge in [-0.15, -0.1) is 0 Å². The number of nitrogens with one attached hydrogen (secondary N) is 1. The van der Waals surface area contributed by atoms with Gasteiger partial charge in [0.2, 0.25) is 0 Å². The quantitative estimate of drug-likeness (QED) is 0.768. The summed E-state index contributed by atoms with van der Waals surface area (Å²) in [4.78, 5) is 0. The zero-order valence-electron chi connectivity index (χ0n) is 14.3. The molecule has 0 aromatic heterocycles. The van der Waals surface area contributed by atoms with Gasteiger partial charge in [-0.25, -0.2) is 0 Å². The SMILES string of the molecule is CSC(C)(C)c1ccc(OS(=O)(=O)CCNC(C)(C)C)cc1. The van der Waals surface area contributed by atoms with Crippen LogP contribution in [-0.2, 0) is 14.9 Å². The van der Waals surface area contributed by atoms with Crippen molar-refractivity contribution in [2.75, 3.05) is 18.6 Å². The van der Waals surface area contributed by atoms with E-state index >= 15 is 0 Å². The predicted octanol–water partition coefficient (Wildman–Crippen LogP) is 3.38. The van der Waals surface area contributed by atoms with Crippen molar-refractivity contribution in [1.29, 1.82) is 0 Å². The third kappa shape index (κ3) is 6.58. The minimum atomic E-state index is -3.58. The van der Waals surface area contributed by atoms with Crippen LogP contribution in [0.1, 0.15) is 40.2 Å². The van der Waals surface area contributed by atoms with Gasteiger partial charge in [-0.3, -0.25) is 0 Å². The van der Waals surface area contributed by atoms with Crippen molar-refractivity contribution >= 4 is 21.9 Å². The van der Waals surface area contributed by atoms with E-state index in [-0.39, 0.29) is 16.0 Å². The zero-order valence-corrected chi connectivity index (χ0v) is 15.9. The third-order valence-corrected chi connectivity index (χ3v) is 5.70. The molecule has 0 aliphatic rings. The highest BCUT2D eigenvalue weighted by Gasteiger charge is 2.20. The Morgan fingerprint density at radius 1 is 1.09 bits per heavy atom. The first-order valence-corrected chi connectivity index (χ1v) is 10.1. The molecule has 0 atom stereocenters. The average Bonchev–Trinajstić information content (AvgIpc) is 2.37. The Morgan fingerprint density at radius 3 is 2.09 bits per heavy atom. The van der Waals surface area contributed by atoms with Gasteiger partial charge in [-0.05, 0) is 58.6 Å². The van der Waals surface area contributed by atoms with E-state index in [9.17, 15) is 8.42 Å². The van der Waals surface area contributed by atoms with Crippen molar-refractivity contribution < 1.29 is 12.6 Å². The van der Waals surface area contributed by atoms with Gasteiger partial charge in [-0.1, -0.05) is 12.1 Å². The molecular weight excluding hydrogens is 318 g/mol. The number of benzene rings is 1. The zero-order chi connectivity index (χ0) is 17.0. The van der Waals surface area contributed by atoms with Crippen LogP contribution in [0.25, 0.3) is 0 Å². The molecule has 22 heavy (non-hydrogen) atoms. The molecule has 0 unspecified atom stereocenters. The van der Waals surface area contributed by atoms with Crippen LogP contribution < -0.4 is 9.50 Å². The standard InChI is InChI=1S/C16H27NO3S2/c1-15(2,3)17-11-12-22(18,19)20-14-9-7-13(8-10-14)16(4,5)21-6/h7-10,17H,11-12H2,1-6H3. The fraction of sp³-hybridized carbons (Fsp3) is 0.625. The van der Waals surface area contributed by atoms with E-state index in [0.717, 1.165) is 5.56 Å². The summed E-state index contributed by atoms with van der Waals surface area (Å²) in [6, 6.07) is 7.24. The van der Waals surface area contributed by atoms with Gasteiger partial charge in [0.05, 0.1) is 5.75 Å². The average molecular weight is 346 g/mol. The van der Waals surface area contributed by atoms with E-state index in [0.29, 0.717) is 12.3 Å². The second-order valence-electron chi connectivity index (χ2n) is 6.76. The van der Waals surface area contributed by atoms with Crippen molar-refractivity contribution in [3.8, 4) is 5.75 Å². The number of rotatable bonds is 7. The van der Waals surface area contributed by atoms with E-state index in [1.165, 1.54) is 0 Å². The molecule has 0 radical (unpaired) electrons. The Bertz CT molecular complexity index is 572. The van der Waals surface area contributed by atoms with Crippen LogP contribution in [0.15, 0.2) is 24.3 Å². The Kier molecular flexibility index (Phi) is 6.36. The maximum Gasteiger partial charge on any atom is 0.310 e. The lowest BCUT2D eigenvalue weighted by atomic mass is 10.0. The van der Waals surface area contributed by atoms with Gasteiger partial charge in [0.1, 0.15) is 5.75 Å². The monoisotopic (exact) mass is 345 g/mol. The second kappa shape index (κ2) is 7.23. The highest BCUT2D eigenvalue weighted by atomic mass is 32.2. The predicted molar refractivity (Wildman–Crippen MR) is 95.2 cm³/mol. The Hall–Kier alpha value is -0.720. The highest BCUT2D eigenvalue weighted by molar-refractivity contribution is 7.99. The molecule has 0 saturated heterocycles. The summed E-state index contributed by atoms with van der Waals surface area (Å²) in [5.41, 5.74) is 1.03. The van der Waals surface area contributed by atoms with Crippen LogP contribution in [0, 0.1) is 0 Å². The molecule has 126 valence electrons. The summed E-state index contributed by atoms with van der Waals surface area (Å²) in [6.45, 7) is 10.6. The molecule has 0 aliphatic heterocycles. The Morgan fingerprint density at radius 2 is 1.64 bits per heavy atom. The van der Waals surface area contributed by atoms with Gasteiger partial charge in [0.25, 0.3) is 0 Å². The molecule has 1 rings (SSSR count). The number of hydrogen-bond acceptors (Lipinski definition) is 5. The summed E-state index contributed by atoms with van der Waals surface area (Å²) in [5.74, 6) is 0.305. The van der Waals surface area contributed by atoms with Crippen molar-refractivity contribution in [2.45, 2.75) is 44.9 Å². The lowest BCUT2D eigenvalue weighted by Crippen LogP contribution is -2.39. The van der Waals surface area contributed by atoms with Crippen LogP contribution in [0.3, 0.4) is 0 Å². The van der Waals surface area contributed by atoms with E-state index in [1.54, 1.807) is 23.9 Å². The first-order valence-electron chi connectivity index (χ1n) is 7.28. The van der Waals surface area contributed by atoms with E-state index in [4.69, 9.17) is 4.18 Å². The summed E-state index contributed by atoms with van der Waals surface area (Å²) >= 11 is 1.75. The van der Waals surface area contributed by atoms with Crippen LogP contribution in [0.2, 0.25) is 0 Å². The minimum Gasteiger partial charge on any atom is -0.382 e. The summed E-state index contributed by atoms with van der Waals surface area (Å²) in [7, 11) is -3.58. The van der Waals surface area contributed by atoms with E-state index in [2.05, 4.69) is 25.4 Å². The Balaban J connectivity index is 2.66. The van der Waals surface area contributed by atoms with Crippen molar-refractivity contribution in [3.05, 3.63) is 29.8 Å². The van der Waals surface area contributed by atoms with Gasteiger partial charge in [-0.2, -0.15) is 20.2 Å². The third-order valence-electron chi connectivity index (χ3n) is 3.29. The normalized spacial score (nSPS) is 13.2. The lowest BCUT2D eigenvalue weighted by Gasteiger charge is -2.22. The molecule has 1 aromatic rings. The molecule has 1 N–H and O–H groups in total. The molecule has 0 aliphatic carbocycles. The van der Waals surface area contributed by atoms with Gasteiger partial charge < -0.3 is 9.50 Å². The van der Waals surface area contributed by atoms with Crippen molar-refractivity contribution in [1.82, 2.24) is 5.32 Å². The Labute approximate surface area is 139 Å². The number of hydrogen-bond donors (Lipinski definition) is 1. The van der Waals surface area contributed by atoms with Gasteiger partial charge in [0, 0.05) is 16.8 Å². The van der Waals surface area contributed by atoms with Crippen LogP contribution in [0.4, 0.5) is 0 Å². The molecule has 0 spiro atoms. The molecule has 6 heteroatoms. The number of thioether (sulfide) groups is 1. The molecule has 0 bridgehead atoms. The van der Waals surface area contributed by atoms with Crippen LogP contribution >= 0.6 is 11.8 Å². The molecule has 0 fully saturated rings. The fourth-order valence-electron chi connectivity index (χ4n) is 1.77. The first-order chi connectivity index (χ1) is 9.95. The van der Waals surface area contributed by atoms with Crippen LogP contribution in [-0.4, -0.2) is 32.5 Å². The van der Waals surface area contributed by atoms with E-state index < -0.39 is 10.1 Å². The van der Waals surface area contributed by atoms with Gasteiger partial charge >= 0.3 is 10.1 Å². The summed E-state index contributed by atoms with van der Waals surface area (Å²) < 4.78 is 29.1. The molecule has 1 aromatic carbocycles. The summed E-state index contributed by atoms with van der Waals surface area (Å²) in [5, 5.41) is 3.14. The van der Waals surface area contributed by atoms with Crippen LogP contribution in [0.5, 0.6) is 5.75 Å². The molecule has 4 nitrogen and oxygen atoms in total. The molecule has 0 amide bonds. The maximum atomic E-state index is 12.0. The fourth-order valence-corrected chi connectivity index (χ4v) is 2.98. The highest BCUT2D eigenvalue weighted by Crippen LogP contribution is 2.34. The largest absolute Gasteiger partial charge is 0.382 e. The second-order valence-corrected chi connectivity index (χ2v) is 9.88. The van der Waals surface area contributed by atoms with E-state index in [1.807, 2.05) is 32.9 Å². The van der Waals surface area contributed by atoms with Crippen molar-refractivity contribution in [3.63, 3.8) is 0 Å². The topological polar surface area (TPSA) is 55.4 Å². The maximum absolute atomic E-state index is 12.0. The molecule has 0 saturated carbocycles. The van der Waals surface area contributed by atoms with Crippen molar-refractivity contribution in [2.24, 2.45) is 0 Å².